The summed E-state index contributed by atoms with van der Waals surface area (Å²) in [6, 6.07) is 7.28. The third-order valence-corrected chi connectivity index (χ3v) is 3.05. The molecular weight excluding hydrogens is 310 g/mol. The Balaban J connectivity index is 2.46. The highest BCUT2D eigenvalue weighted by molar-refractivity contribution is 5.87. The van der Waals surface area contributed by atoms with Gasteiger partial charge in [0.05, 0.1) is 25.2 Å². The third-order valence-electron chi connectivity index (χ3n) is 3.05. The second-order valence-electron chi connectivity index (χ2n) is 5.71. The van der Waals surface area contributed by atoms with Crippen LogP contribution in [0.3, 0.4) is 0 Å². The summed E-state index contributed by atoms with van der Waals surface area (Å²) in [5.74, 6) is -0.284. The highest BCUT2D eigenvalue weighted by Gasteiger charge is 2.12. The monoisotopic (exact) mass is 335 g/mol. The lowest BCUT2D eigenvalue weighted by Crippen LogP contribution is -2.42. The Morgan fingerprint density at radius 2 is 1.71 bits per heavy atom. The molecule has 0 spiro atoms. The van der Waals surface area contributed by atoms with Crippen molar-refractivity contribution in [2.24, 2.45) is 0 Å². The van der Waals surface area contributed by atoms with Crippen LogP contribution in [0, 0.1) is 0 Å². The molecular formula is C17H25N3O4. The third kappa shape index (κ3) is 7.62. The molecule has 1 rings (SSSR count). The number of carbonyl (C=O) groups is 3. The van der Waals surface area contributed by atoms with Gasteiger partial charge in [0, 0.05) is 6.92 Å². The van der Waals surface area contributed by atoms with Crippen LogP contribution in [-0.4, -0.2) is 36.9 Å². The normalized spacial score (nSPS) is 11.5. The number of ether oxygens (including phenoxy) is 1. The molecule has 0 aliphatic heterocycles. The highest BCUT2D eigenvalue weighted by atomic mass is 16.5. The van der Waals surface area contributed by atoms with Gasteiger partial charge in [-0.05, 0) is 38.5 Å². The lowest BCUT2D eigenvalue weighted by atomic mass is 10.1. The number of nitrogens with one attached hydrogen (secondary N) is 3. The summed E-state index contributed by atoms with van der Waals surface area (Å²) >= 11 is 0. The van der Waals surface area contributed by atoms with Crippen molar-refractivity contribution < 1.29 is 19.1 Å². The van der Waals surface area contributed by atoms with Crippen molar-refractivity contribution in [3.8, 4) is 5.75 Å². The fourth-order valence-electron chi connectivity index (χ4n) is 1.95. The summed E-state index contributed by atoms with van der Waals surface area (Å²) < 4.78 is 5.63. The Bertz CT molecular complexity index is 587. The quantitative estimate of drug-likeness (QED) is 0.658. The minimum Gasteiger partial charge on any atom is -0.491 e. The number of amides is 3. The molecule has 0 fully saturated rings. The first-order valence-corrected chi connectivity index (χ1v) is 7.85. The lowest BCUT2D eigenvalue weighted by Gasteiger charge is -2.17. The molecule has 0 aliphatic rings. The molecule has 0 unspecified atom stereocenters. The van der Waals surface area contributed by atoms with Crippen LogP contribution in [0.4, 0.5) is 0 Å². The van der Waals surface area contributed by atoms with Gasteiger partial charge in [-0.2, -0.15) is 0 Å². The maximum absolute atomic E-state index is 11.9. The molecule has 0 aromatic heterocycles. The Morgan fingerprint density at radius 1 is 1.04 bits per heavy atom. The van der Waals surface area contributed by atoms with Crippen LogP contribution >= 0.6 is 0 Å². The predicted molar refractivity (Wildman–Crippen MR) is 90.5 cm³/mol. The molecule has 0 heterocycles. The molecule has 3 amide bonds. The average molecular weight is 335 g/mol. The molecule has 3 N–H and O–H groups in total. The van der Waals surface area contributed by atoms with Crippen LogP contribution in [0.25, 0.3) is 0 Å². The van der Waals surface area contributed by atoms with Gasteiger partial charge >= 0.3 is 0 Å². The summed E-state index contributed by atoms with van der Waals surface area (Å²) in [6.07, 6.45) is 0.0731. The molecule has 1 aromatic carbocycles. The number of hydrogen-bond donors (Lipinski definition) is 3. The van der Waals surface area contributed by atoms with Gasteiger partial charge in [-0.3, -0.25) is 14.4 Å². The van der Waals surface area contributed by atoms with Crippen molar-refractivity contribution in [2.75, 3.05) is 13.1 Å². The second kappa shape index (κ2) is 9.54. The molecule has 1 aromatic rings. The molecule has 24 heavy (non-hydrogen) atoms. The average Bonchev–Trinajstić information content (AvgIpc) is 2.50. The number of benzene rings is 1. The van der Waals surface area contributed by atoms with E-state index in [1.807, 2.05) is 45.0 Å². The standard InChI is InChI=1S/C17H25N3O4/c1-11(2)24-15-7-5-6-14(8-15)12(3)20-17(23)10-19-16(22)9-18-13(4)21/h5-8,11-12H,9-10H2,1-4H3,(H,18,21)(H,19,22)(H,20,23)/t12-/m1/s1. The first-order valence-electron chi connectivity index (χ1n) is 7.85. The highest BCUT2D eigenvalue weighted by Crippen LogP contribution is 2.19. The Morgan fingerprint density at radius 3 is 2.33 bits per heavy atom. The zero-order valence-corrected chi connectivity index (χ0v) is 14.5. The summed E-state index contributed by atoms with van der Waals surface area (Å²) in [6.45, 7) is 6.77. The van der Waals surface area contributed by atoms with Crippen molar-refractivity contribution in [1.82, 2.24) is 16.0 Å². The molecule has 0 aliphatic carbocycles. The minimum atomic E-state index is -0.416. The van der Waals surface area contributed by atoms with Gasteiger partial charge in [0.15, 0.2) is 0 Å². The molecule has 0 saturated carbocycles. The van der Waals surface area contributed by atoms with Crippen LogP contribution < -0.4 is 20.7 Å². The number of carbonyl (C=O) groups excluding carboxylic acids is 3. The summed E-state index contributed by atoms with van der Waals surface area (Å²) in [5.41, 5.74) is 0.908. The van der Waals surface area contributed by atoms with E-state index in [1.54, 1.807) is 0 Å². The van der Waals surface area contributed by atoms with Crippen LogP contribution in [0.1, 0.15) is 39.3 Å². The Labute approximate surface area is 142 Å². The smallest absolute Gasteiger partial charge is 0.239 e. The summed E-state index contributed by atoms with van der Waals surface area (Å²) in [4.78, 5) is 34.0. The van der Waals surface area contributed by atoms with E-state index in [9.17, 15) is 14.4 Å². The van der Waals surface area contributed by atoms with Crippen LogP contribution in [-0.2, 0) is 14.4 Å². The summed E-state index contributed by atoms with van der Waals surface area (Å²) in [7, 11) is 0. The van der Waals surface area contributed by atoms with Crippen LogP contribution in [0.15, 0.2) is 24.3 Å². The molecule has 7 heteroatoms. The van der Waals surface area contributed by atoms with Crippen molar-refractivity contribution in [1.29, 1.82) is 0 Å². The fraction of sp³-hybridized carbons (Fsp3) is 0.471. The zero-order chi connectivity index (χ0) is 18.1. The molecule has 132 valence electrons. The van der Waals surface area contributed by atoms with Gasteiger partial charge in [0.25, 0.3) is 0 Å². The Hall–Kier alpha value is -2.57. The van der Waals surface area contributed by atoms with E-state index >= 15 is 0 Å². The number of hydrogen-bond acceptors (Lipinski definition) is 4. The molecule has 0 bridgehead atoms. The largest absolute Gasteiger partial charge is 0.491 e. The lowest BCUT2D eigenvalue weighted by molar-refractivity contribution is -0.127. The molecule has 0 saturated heterocycles. The first kappa shape index (κ1) is 19.5. The zero-order valence-electron chi connectivity index (χ0n) is 14.5. The fourth-order valence-corrected chi connectivity index (χ4v) is 1.95. The van der Waals surface area contributed by atoms with E-state index in [2.05, 4.69) is 16.0 Å². The van der Waals surface area contributed by atoms with E-state index in [4.69, 9.17) is 4.74 Å². The Kier molecular flexibility index (Phi) is 7.74. The van der Waals surface area contributed by atoms with Gasteiger partial charge in [-0.15, -0.1) is 0 Å². The van der Waals surface area contributed by atoms with E-state index in [0.29, 0.717) is 0 Å². The van der Waals surface area contributed by atoms with E-state index in [1.165, 1.54) is 6.92 Å². The van der Waals surface area contributed by atoms with Crippen molar-refractivity contribution in [2.45, 2.75) is 39.8 Å². The van der Waals surface area contributed by atoms with E-state index in [-0.39, 0.29) is 37.0 Å². The maximum atomic E-state index is 11.9. The van der Waals surface area contributed by atoms with E-state index < -0.39 is 5.91 Å². The van der Waals surface area contributed by atoms with Crippen LogP contribution in [0.5, 0.6) is 5.75 Å². The second-order valence-corrected chi connectivity index (χ2v) is 5.71. The summed E-state index contributed by atoms with van der Waals surface area (Å²) in [5, 5.41) is 7.60. The SMILES string of the molecule is CC(=O)NCC(=O)NCC(=O)N[C@H](C)c1cccc(OC(C)C)c1. The molecule has 0 radical (unpaired) electrons. The maximum Gasteiger partial charge on any atom is 0.239 e. The molecule has 7 nitrogen and oxygen atoms in total. The van der Waals surface area contributed by atoms with Gasteiger partial charge in [0.1, 0.15) is 5.75 Å². The van der Waals surface area contributed by atoms with Gasteiger partial charge in [0.2, 0.25) is 17.7 Å². The van der Waals surface area contributed by atoms with Gasteiger partial charge in [-0.1, -0.05) is 12.1 Å². The predicted octanol–water partition coefficient (Wildman–Crippen LogP) is 0.903. The van der Waals surface area contributed by atoms with E-state index in [0.717, 1.165) is 11.3 Å². The van der Waals surface area contributed by atoms with Gasteiger partial charge in [-0.25, -0.2) is 0 Å². The van der Waals surface area contributed by atoms with Crippen molar-refractivity contribution >= 4 is 17.7 Å². The van der Waals surface area contributed by atoms with Crippen molar-refractivity contribution in [3.63, 3.8) is 0 Å². The van der Waals surface area contributed by atoms with Gasteiger partial charge < -0.3 is 20.7 Å². The minimum absolute atomic E-state index is 0.0731. The van der Waals surface area contributed by atoms with Crippen LogP contribution in [0.2, 0.25) is 0 Å². The topological polar surface area (TPSA) is 96.5 Å². The van der Waals surface area contributed by atoms with Crippen molar-refractivity contribution in [3.05, 3.63) is 29.8 Å². The first-order chi connectivity index (χ1) is 11.3. The number of rotatable bonds is 8. The molecule has 1 atom stereocenters.